The number of nitrogens with zero attached hydrogens (tertiary/aromatic N) is 7. The number of halogens is 6. The third-order valence-electron chi connectivity index (χ3n) is 12.9. The summed E-state index contributed by atoms with van der Waals surface area (Å²) >= 11 is 0. The molecule has 0 radical (unpaired) electrons. The van der Waals surface area contributed by atoms with Crippen molar-refractivity contribution in [1.82, 2.24) is 35.9 Å². The topological polar surface area (TPSA) is 403 Å². The van der Waals surface area contributed by atoms with Gasteiger partial charge in [-0.1, -0.05) is 11.5 Å². The van der Waals surface area contributed by atoms with Crippen molar-refractivity contribution in [3.63, 3.8) is 0 Å². The molecular formula is C53H84F6N12O19. The zero-order valence-corrected chi connectivity index (χ0v) is 49.7. The fourth-order valence-corrected chi connectivity index (χ4v) is 8.14. The van der Waals surface area contributed by atoms with Crippen LogP contribution in [0.1, 0.15) is 49.9 Å². The number of rotatable bonds is 49. The number of azide groups is 1. The van der Waals surface area contributed by atoms with Gasteiger partial charge in [0.25, 0.3) is 0 Å². The lowest BCUT2D eigenvalue weighted by Crippen LogP contribution is -2.57. The summed E-state index contributed by atoms with van der Waals surface area (Å²) < 4.78 is 144. The predicted octanol–water partition coefficient (Wildman–Crippen LogP) is 0.341. The molecule has 2 aliphatic rings. The quantitative estimate of drug-likeness (QED) is 0.0142. The summed E-state index contributed by atoms with van der Waals surface area (Å²) in [6, 6.07) is -1.09. The fraction of sp³-hybridized carbons (Fsp3) is 0.792. The van der Waals surface area contributed by atoms with E-state index in [1.807, 2.05) is 0 Å². The number of hydrogen-bond donors (Lipinski definition) is 9. The molecule has 0 unspecified atom stereocenters. The maximum Gasteiger partial charge on any atom is 0.433 e. The Morgan fingerprint density at radius 2 is 0.944 bits per heavy atom. The van der Waals surface area contributed by atoms with E-state index < -0.39 is 78.5 Å². The standard InChI is InChI=1S/C53H84F6N12O19/c54-52(55,56)41-5-10-63-50(69-41)67-37-32-89-39(48(77)46(37)75)34-87-28-26-83-24-22-81-20-18-79-16-12-61-43(72)7-14-85-30-36(66-45(74)4-2-1-3-9-65-71-60)31-86-15-8-44(73)62-13-17-80-19-21-82-23-25-84-27-29-88-35-40-49(78)47(76)38(33-90-40)68-51-64-11-6-42(70-51)53(57,58)59/h5-6,10-11,36-40,46-49,75-78H,1-4,7-9,12-35H2,(H,61,72)(H,62,73)(H,66,74)(H,63,67,69)(H,64,68,70)/t37-,38-,39+,40+,46+,47+,48-,49-/m0/s1. The molecule has 90 heavy (non-hydrogen) atoms. The highest BCUT2D eigenvalue weighted by atomic mass is 19.4. The minimum absolute atomic E-state index is 0.0358. The third-order valence-corrected chi connectivity index (χ3v) is 12.9. The number of amides is 3. The summed E-state index contributed by atoms with van der Waals surface area (Å²) in [5.41, 5.74) is 6.13. The van der Waals surface area contributed by atoms with Crippen LogP contribution >= 0.6 is 0 Å². The zero-order chi connectivity index (χ0) is 65.2. The molecule has 0 saturated carbocycles. The van der Waals surface area contributed by atoms with E-state index in [2.05, 4.69) is 56.5 Å². The number of nitrogens with one attached hydrogen (secondary N) is 5. The molecule has 0 spiro atoms. The summed E-state index contributed by atoms with van der Waals surface area (Å²) in [4.78, 5) is 54.5. The van der Waals surface area contributed by atoms with Crippen LogP contribution in [0, 0.1) is 0 Å². The number of aliphatic hydroxyl groups excluding tert-OH is 4. The Labute approximate surface area is 515 Å². The number of carbonyl (C=O) groups excluding carboxylic acids is 3. The SMILES string of the molecule is [N-]=[N+]=NCCCCCC(=O)NC(COCCC(=O)NCCOCCOCCOCCOC[C@H]1OC[C@H](Nc2nccc(C(F)(F)F)n2)[C@@H](O)[C@H]1O)COCCC(=O)NCCOCCOCCOCCOC[C@H]1OC[C@H](Nc2nccc(C(F)(F)F)n2)[C@@H](O)[C@H]1O. The Balaban J connectivity index is 0.929. The number of carbonyl (C=O) groups is 3. The van der Waals surface area contributed by atoms with Crippen molar-refractivity contribution >= 4 is 29.6 Å². The first-order chi connectivity index (χ1) is 43.3. The van der Waals surface area contributed by atoms with Crippen molar-refractivity contribution in [3.8, 4) is 0 Å². The highest BCUT2D eigenvalue weighted by Crippen LogP contribution is 2.29. The van der Waals surface area contributed by atoms with Gasteiger partial charge in [-0.3, -0.25) is 14.4 Å². The van der Waals surface area contributed by atoms with Gasteiger partial charge in [0.2, 0.25) is 29.6 Å². The van der Waals surface area contributed by atoms with Gasteiger partial charge in [0.1, 0.15) is 48.0 Å². The molecule has 2 fully saturated rings. The molecule has 512 valence electrons. The molecule has 0 bridgehead atoms. The smallest absolute Gasteiger partial charge is 0.388 e. The van der Waals surface area contributed by atoms with Gasteiger partial charge in [-0.2, -0.15) is 26.3 Å². The minimum atomic E-state index is -4.68. The molecule has 2 aromatic heterocycles. The number of aromatic nitrogens is 4. The van der Waals surface area contributed by atoms with Gasteiger partial charge in [0.05, 0.1) is 163 Å². The minimum Gasteiger partial charge on any atom is -0.388 e. The maximum absolute atomic E-state index is 13.0. The first-order valence-electron chi connectivity index (χ1n) is 29.3. The average molecular weight is 1310 g/mol. The van der Waals surface area contributed by atoms with Crippen LogP contribution in [0.25, 0.3) is 10.4 Å². The van der Waals surface area contributed by atoms with Crippen molar-refractivity contribution in [3.05, 3.63) is 46.4 Å². The molecule has 9 N–H and O–H groups in total. The lowest BCUT2D eigenvalue weighted by Gasteiger charge is -2.37. The molecule has 0 aromatic carbocycles. The normalized spacial score (nSPS) is 20.3. The molecule has 2 aliphatic heterocycles. The molecule has 0 aliphatic carbocycles. The van der Waals surface area contributed by atoms with Gasteiger partial charge in [-0.05, 0) is 30.5 Å². The van der Waals surface area contributed by atoms with Gasteiger partial charge in [-0.25, -0.2) is 19.9 Å². The summed E-state index contributed by atoms with van der Waals surface area (Å²) in [7, 11) is 0. The highest BCUT2D eigenvalue weighted by Gasteiger charge is 2.41. The van der Waals surface area contributed by atoms with E-state index in [0.29, 0.717) is 37.9 Å². The number of anilines is 2. The zero-order valence-electron chi connectivity index (χ0n) is 49.7. The molecule has 3 amide bonds. The Kier molecular flexibility index (Phi) is 38.3. The van der Waals surface area contributed by atoms with E-state index in [4.69, 9.17) is 62.4 Å². The van der Waals surface area contributed by atoms with Crippen molar-refractivity contribution in [2.75, 3.05) is 176 Å². The van der Waals surface area contributed by atoms with Crippen LogP contribution in [0.3, 0.4) is 0 Å². The predicted molar refractivity (Wildman–Crippen MR) is 300 cm³/mol. The third kappa shape index (κ3) is 33.1. The van der Waals surface area contributed by atoms with Crippen LogP contribution in [-0.2, 0) is 83.6 Å². The molecule has 8 atom stereocenters. The van der Waals surface area contributed by atoms with Crippen molar-refractivity contribution in [2.24, 2.45) is 5.11 Å². The second-order valence-electron chi connectivity index (χ2n) is 19.9. The molecule has 4 heterocycles. The fourth-order valence-electron chi connectivity index (χ4n) is 8.14. The molecule has 37 heteroatoms. The van der Waals surface area contributed by atoms with E-state index >= 15 is 0 Å². The summed E-state index contributed by atoms with van der Waals surface area (Å²) in [5, 5.41) is 58.9. The summed E-state index contributed by atoms with van der Waals surface area (Å²) in [6.07, 6.45) is -12.7. The van der Waals surface area contributed by atoms with E-state index in [-0.39, 0.29) is 207 Å². The molecule has 2 saturated heterocycles. The van der Waals surface area contributed by atoms with Crippen LogP contribution in [0.15, 0.2) is 29.6 Å². The van der Waals surface area contributed by atoms with Gasteiger partial charge in [0.15, 0.2) is 0 Å². The van der Waals surface area contributed by atoms with Crippen LogP contribution < -0.4 is 26.6 Å². The van der Waals surface area contributed by atoms with Crippen LogP contribution in [0.2, 0.25) is 0 Å². The lowest BCUT2D eigenvalue weighted by atomic mass is 9.98. The number of aliphatic hydroxyl groups is 4. The van der Waals surface area contributed by atoms with Gasteiger partial charge in [-0.15, -0.1) is 0 Å². The van der Waals surface area contributed by atoms with E-state index in [1.54, 1.807) is 0 Å². The average Bonchev–Trinajstić information content (AvgIpc) is 1.15. The Bertz CT molecular complexity index is 2210. The molecular weight excluding hydrogens is 1220 g/mol. The highest BCUT2D eigenvalue weighted by molar-refractivity contribution is 5.76. The summed E-state index contributed by atoms with van der Waals surface area (Å²) in [6.45, 7) is 3.80. The molecule has 2 aromatic rings. The Morgan fingerprint density at radius 1 is 0.544 bits per heavy atom. The van der Waals surface area contributed by atoms with Crippen LogP contribution in [-0.4, -0.2) is 278 Å². The van der Waals surface area contributed by atoms with Crippen LogP contribution in [0.4, 0.5) is 38.2 Å². The van der Waals surface area contributed by atoms with Crippen LogP contribution in [0.5, 0.6) is 0 Å². The Hall–Kier alpha value is -5.58. The number of alkyl halides is 6. The molecule has 4 rings (SSSR count). The van der Waals surface area contributed by atoms with E-state index in [0.717, 1.165) is 12.4 Å². The number of unbranched alkanes of at least 4 members (excludes halogenated alkanes) is 2. The monoisotopic (exact) mass is 1310 g/mol. The first kappa shape index (κ1) is 76.9. The van der Waals surface area contributed by atoms with E-state index in [9.17, 15) is 61.2 Å². The first-order valence-corrected chi connectivity index (χ1v) is 29.3. The number of hydrogen-bond acceptors (Lipinski definition) is 26. The summed E-state index contributed by atoms with van der Waals surface area (Å²) in [5.74, 6) is -1.55. The van der Waals surface area contributed by atoms with Gasteiger partial charge < -0.3 is 104 Å². The van der Waals surface area contributed by atoms with Crippen molar-refractivity contribution < 1.29 is 118 Å². The van der Waals surface area contributed by atoms with E-state index in [1.165, 1.54) is 0 Å². The van der Waals surface area contributed by atoms with Gasteiger partial charge >= 0.3 is 12.4 Å². The maximum atomic E-state index is 13.0. The van der Waals surface area contributed by atoms with Crippen molar-refractivity contribution in [2.45, 2.75) is 106 Å². The Morgan fingerprint density at radius 3 is 1.34 bits per heavy atom. The van der Waals surface area contributed by atoms with Crippen molar-refractivity contribution in [1.29, 1.82) is 0 Å². The largest absolute Gasteiger partial charge is 0.433 e. The second kappa shape index (κ2) is 44.8. The lowest BCUT2D eigenvalue weighted by molar-refractivity contribution is -0.161. The molecule has 31 nitrogen and oxygen atoms in total. The number of ether oxygens (including phenoxy) is 12. The van der Waals surface area contributed by atoms with Gasteiger partial charge in [0, 0.05) is 56.2 Å². The second-order valence-corrected chi connectivity index (χ2v) is 19.9.